The molecule has 1 aliphatic carbocycles. The fourth-order valence-corrected chi connectivity index (χ4v) is 2.89. The Hall–Kier alpha value is -1.49. The monoisotopic (exact) mass is 265 g/mol. The standard InChI is InChI=1S/C14H17F2N3/c15-14(16)6-4-10(5-7-14)13-11-3-1-2-8-19(11)12(9-17)18-13/h1-3,8,10H,4-7,9,17H2. The highest BCUT2D eigenvalue weighted by Crippen LogP contribution is 2.41. The predicted octanol–water partition coefficient (Wildman–Crippen LogP) is 3.09. The summed E-state index contributed by atoms with van der Waals surface area (Å²) in [6.45, 7) is 0.355. The molecule has 1 fully saturated rings. The van der Waals surface area contributed by atoms with Gasteiger partial charge in [-0.2, -0.15) is 0 Å². The van der Waals surface area contributed by atoms with Gasteiger partial charge in [0.15, 0.2) is 0 Å². The van der Waals surface area contributed by atoms with E-state index in [4.69, 9.17) is 5.73 Å². The zero-order valence-electron chi connectivity index (χ0n) is 10.6. The molecule has 19 heavy (non-hydrogen) atoms. The van der Waals surface area contributed by atoms with Gasteiger partial charge in [-0.1, -0.05) is 6.07 Å². The van der Waals surface area contributed by atoms with E-state index in [2.05, 4.69) is 4.98 Å². The molecule has 0 spiro atoms. The van der Waals surface area contributed by atoms with Gasteiger partial charge < -0.3 is 10.1 Å². The van der Waals surface area contributed by atoms with Gasteiger partial charge >= 0.3 is 0 Å². The summed E-state index contributed by atoms with van der Waals surface area (Å²) in [5, 5.41) is 0. The zero-order valence-corrected chi connectivity index (χ0v) is 10.6. The molecule has 3 nitrogen and oxygen atoms in total. The van der Waals surface area contributed by atoms with Gasteiger partial charge in [-0.3, -0.25) is 0 Å². The number of pyridine rings is 1. The number of nitrogens with two attached hydrogens (primary N) is 1. The van der Waals surface area contributed by atoms with E-state index in [0.717, 1.165) is 17.0 Å². The van der Waals surface area contributed by atoms with Crippen LogP contribution in [0.4, 0.5) is 8.78 Å². The average Bonchev–Trinajstić information content (AvgIpc) is 2.78. The number of nitrogens with zero attached hydrogens (tertiary/aromatic N) is 2. The minimum absolute atomic E-state index is 0.0402. The van der Waals surface area contributed by atoms with Gasteiger partial charge in [0.05, 0.1) is 17.8 Å². The van der Waals surface area contributed by atoms with Crippen molar-refractivity contribution in [2.45, 2.75) is 44.1 Å². The van der Waals surface area contributed by atoms with E-state index in [0.29, 0.717) is 19.4 Å². The Morgan fingerprint density at radius 2 is 2.05 bits per heavy atom. The first kappa shape index (κ1) is 12.5. The number of alkyl halides is 2. The summed E-state index contributed by atoms with van der Waals surface area (Å²) in [7, 11) is 0. The first-order valence-corrected chi connectivity index (χ1v) is 6.64. The average molecular weight is 265 g/mol. The largest absolute Gasteiger partial charge is 0.324 e. The van der Waals surface area contributed by atoms with Crippen LogP contribution in [0.3, 0.4) is 0 Å². The molecular formula is C14H17F2N3. The van der Waals surface area contributed by atoms with E-state index in [1.807, 2.05) is 28.8 Å². The van der Waals surface area contributed by atoms with Crippen LogP contribution in [-0.4, -0.2) is 15.3 Å². The van der Waals surface area contributed by atoms with Crippen molar-refractivity contribution >= 4 is 5.52 Å². The van der Waals surface area contributed by atoms with Crippen LogP contribution in [0, 0.1) is 0 Å². The van der Waals surface area contributed by atoms with Crippen LogP contribution in [0.15, 0.2) is 24.4 Å². The molecule has 2 aromatic heterocycles. The van der Waals surface area contributed by atoms with Crippen LogP contribution >= 0.6 is 0 Å². The highest BCUT2D eigenvalue weighted by Gasteiger charge is 2.36. The molecule has 3 rings (SSSR count). The quantitative estimate of drug-likeness (QED) is 0.906. The van der Waals surface area contributed by atoms with Gasteiger partial charge in [-0.25, -0.2) is 13.8 Å². The van der Waals surface area contributed by atoms with Gasteiger partial charge in [-0.05, 0) is 25.0 Å². The zero-order chi connectivity index (χ0) is 13.5. The summed E-state index contributed by atoms with van der Waals surface area (Å²) in [4.78, 5) is 4.57. The lowest BCUT2D eigenvalue weighted by Gasteiger charge is -2.27. The maximum atomic E-state index is 13.2. The maximum Gasteiger partial charge on any atom is 0.248 e. The van der Waals surface area contributed by atoms with E-state index in [9.17, 15) is 8.78 Å². The van der Waals surface area contributed by atoms with Crippen molar-refractivity contribution < 1.29 is 8.78 Å². The third-order valence-electron chi connectivity index (χ3n) is 3.94. The fourth-order valence-electron chi connectivity index (χ4n) is 2.89. The molecule has 2 N–H and O–H groups in total. The Morgan fingerprint density at radius 3 is 2.74 bits per heavy atom. The normalized spacial score (nSPS) is 19.9. The molecule has 0 saturated heterocycles. The van der Waals surface area contributed by atoms with Crippen molar-refractivity contribution in [3.05, 3.63) is 35.9 Å². The highest BCUT2D eigenvalue weighted by molar-refractivity contribution is 5.54. The van der Waals surface area contributed by atoms with Crippen LogP contribution in [0.5, 0.6) is 0 Å². The fraction of sp³-hybridized carbons (Fsp3) is 0.500. The van der Waals surface area contributed by atoms with Gasteiger partial charge in [0, 0.05) is 25.0 Å². The van der Waals surface area contributed by atoms with Gasteiger partial charge in [0.2, 0.25) is 5.92 Å². The predicted molar refractivity (Wildman–Crippen MR) is 69.2 cm³/mol. The van der Waals surface area contributed by atoms with Crippen LogP contribution in [0.1, 0.15) is 43.1 Å². The van der Waals surface area contributed by atoms with E-state index in [-0.39, 0.29) is 18.8 Å². The first-order valence-electron chi connectivity index (χ1n) is 6.64. The van der Waals surface area contributed by atoms with Crippen molar-refractivity contribution in [3.63, 3.8) is 0 Å². The van der Waals surface area contributed by atoms with Crippen molar-refractivity contribution in [1.82, 2.24) is 9.38 Å². The summed E-state index contributed by atoms with van der Waals surface area (Å²) in [6.07, 6.45) is 2.84. The van der Waals surface area contributed by atoms with Crippen LogP contribution < -0.4 is 5.73 Å². The lowest BCUT2D eigenvalue weighted by atomic mass is 9.84. The third-order valence-corrected chi connectivity index (χ3v) is 3.94. The second-order valence-corrected chi connectivity index (χ2v) is 5.20. The van der Waals surface area contributed by atoms with Crippen LogP contribution in [0.25, 0.3) is 5.52 Å². The minimum Gasteiger partial charge on any atom is -0.324 e. The molecule has 0 bridgehead atoms. The molecule has 1 aliphatic rings. The number of hydrogen-bond acceptors (Lipinski definition) is 2. The number of aromatic nitrogens is 2. The summed E-state index contributed by atoms with van der Waals surface area (Å²) in [6, 6.07) is 5.85. The lowest BCUT2D eigenvalue weighted by Crippen LogP contribution is -2.23. The van der Waals surface area contributed by atoms with E-state index >= 15 is 0 Å². The molecule has 0 atom stereocenters. The minimum atomic E-state index is -2.50. The van der Waals surface area contributed by atoms with Crippen LogP contribution in [-0.2, 0) is 6.54 Å². The summed E-state index contributed by atoms with van der Waals surface area (Å²) in [5.41, 5.74) is 7.62. The molecule has 1 saturated carbocycles. The number of hydrogen-bond donors (Lipinski definition) is 1. The topological polar surface area (TPSA) is 43.3 Å². The SMILES string of the molecule is NCc1nc(C2CCC(F)(F)CC2)c2ccccn12. The van der Waals surface area contributed by atoms with E-state index in [1.54, 1.807) is 0 Å². The van der Waals surface area contributed by atoms with Crippen molar-refractivity contribution in [2.24, 2.45) is 5.73 Å². The maximum absolute atomic E-state index is 13.2. The highest BCUT2D eigenvalue weighted by atomic mass is 19.3. The Kier molecular flexibility index (Phi) is 3.01. The number of rotatable bonds is 2. The van der Waals surface area contributed by atoms with E-state index in [1.165, 1.54) is 0 Å². The molecule has 102 valence electrons. The van der Waals surface area contributed by atoms with Gasteiger partial charge in [0.1, 0.15) is 5.82 Å². The number of halogens is 2. The van der Waals surface area contributed by atoms with Crippen molar-refractivity contribution in [3.8, 4) is 0 Å². The molecule has 2 heterocycles. The van der Waals surface area contributed by atoms with Crippen molar-refractivity contribution in [1.29, 1.82) is 0 Å². The molecule has 0 radical (unpaired) electrons. The summed E-state index contributed by atoms with van der Waals surface area (Å²) in [5.74, 6) is -1.58. The molecule has 5 heteroatoms. The smallest absolute Gasteiger partial charge is 0.248 e. The summed E-state index contributed by atoms with van der Waals surface area (Å²) < 4.78 is 28.4. The Labute approximate surface area is 110 Å². The lowest BCUT2D eigenvalue weighted by molar-refractivity contribution is -0.0383. The number of fused-ring (bicyclic) bond motifs is 1. The Bertz CT molecular complexity index is 581. The Morgan fingerprint density at radius 1 is 1.32 bits per heavy atom. The molecule has 0 unspecified atom stereocenters. The van der Waals surface area contributed by atoms with Gasteiger partial charge in [0.25, 0.3) is 0 Å². The van der Waals surface area contributed by atoms with Crippen molar-refractivity contribution in [2.75, 3.05) is 0 Å². The van der Waals surface area contributed by atoms with E-state index < -0.39 is 5.92 Å². The van der Waals surface area contributed by atoms with Gasteiger partial charge in [-0.15, -0.1) is 0 Å². The number of imidazole rings is 1. The summed E-state index contributed by atoms with van der Waals surface area (Å²) >= 11 is 0. The molecule has 0 aliphatic heterocycles. The molecular weight excluding hydrogens is 248 g/mol. The first-order chi connectivity index (χ1) is 9.11. The Balaban J connectivity index is 1.97. The second-order valence-electron chi connectivity index (χ2n) is 5.20. The van der Waals surface area contributed by atoms with Crippen LogP contribution in [0.2, 0.25) is 0 Å². The third kappa shape index (κ3) is 2.23. The second kappa shape index (κ2) is 4.56. The molecule has 0 amide bonds. The molecule has 2 aromatic rings. The molecule has 0 aromatic carbocycles.